The van der Waals surface area contributed by atoms with Crippen LogP contribution in [0.4, 0.5) is 0 Å². The maximum Gasteiger partial charge on any atom is 0.217 e. The van der Waals surface area contributed by atoms with Crippen molar-refractivity contribution in [1.82, 2.24) is 0 Å². The number of fused-ring (bicyclic) bond motifs is 2. The zero-order chi connectivity index (χ0) is 13.1. The molecule has 98 valence electrons. The van der Waals surface area contributed by atoms with Gasteiger partial charge in [0.2, 0.25) is 5.79 Å². The second kappa shape index (κ2) is 4.14. The van der Waals surface area contributed by atoms with Crippen molar-refractivity contribution in [3.63, 3.8) is 0 Å². The molecule has 0 unspecified atom stereocenters. The summed E-state index contributed by atoms with van der Waals surface area (Å²) in [5.41, 5.74) is 0. The van der Waals surface area contributed by atoms with Crippen molar-refractivity contribution < 1.29 is 14.6 Å². The molecule has 0 heterocycles. The molecule has 17 heavy (non-hydrogen) atoms. The molecule has 0 saturated heterocycles. The predicted molar refractivity (Wildman–Crippen MR) is 67.8 cm³/mol. The van der Waals surface area contributed by atoms with Crippen LogP contribution in [0.3, 0.4) is 0 Å². The predicted octanol–water partition coefficient (Wildman–Crippen LogP) is 2.65. The van der Waals surface area contributed by atoms with Gasteiger partial charge >= 0.3 is 0 Å². The summed E-state index contributed by atoms with van der Waals surface area (Å²) in [5.74, 6) is -1.75. The molecule has 2 rings (SSSR count). The van der Waals surface area contributed by atoms with Gasteiger partial charge in [0.1, 0.15) is 9.75 Å². The normalized spacial score (nSPS) is 43.6. The second-order valence-electron chi connectivity index (χ2n) is 4.25. The molecule has 2 bridgehead atoms. The lowest BCUT2D eigenvalue weighted by atomic mass is 9.92. The monoisotopic (exact) mass is 320 g/mol. The average Bonchev–Trinajstić information content (AvgIpc) is 2.60. The highest BCUT2D eigenvalue weighted by molar-refractivity contribution is 6.51. The van der Waals surface area contributed by atoms with Crippen molar-refractivity contribution in [3.05, 3.63) is 10.1 Å². The second-order valence-corrected chi connectivity index (χ2v) is 6.25. The fourth-order valence-corrected chi connectivity index (χ4v) is 5.03. The van der Waals surface area contributed by atoms with Gasteiger partial charge < -0.3 is 14.6 Å². The summed E-state index contributed by atoms with van der Waals surface area (Å²) in [6.07, 6.45) is 0.339. The van der Waals surface area contributed by atoms with Gasteiger partial charge in [-0.05, 0) is 6.42 Å². The molecule has 0 aromatic rings. The zero-order valence-corrected chi connectivity index (χ0v) is 12.3. The van der Waals surface area contributed by atoms with Crippen molar-refractivity contribution in [2.24, 2.45) is 5.92 Å². The van der Waals surface area contributed by atoms with Crippen LogP contribution in [0, 0.1) is 5.92 Å². The van der Waals surface area contributed by atoms with Crippen LogP contribution < -0.4 is 0 Å². The van der Waals surface area contributed by atoms with E-state index in [0.29, 0.717) is 6.42 Å². The number of alkyl halides is 2. The van der Waals surface area contributed by atoms with Gasteiger partial charge in [-0.15, -0.1) is 23.2 Å². The molecule has 2 aliphatic rings. The average molecular weight is 322 g/mol. The highest BCUT2D eigenvalue weighted by Crippen LogP contribution is 2.71. The number of aliphatic hydroxyl groups is 1. The standard InChI is InChI=1S/C10H12Cl4O3/c1-16-10(17-2)8(13)3-5(4-15)9(10,14)7(12)6(8)11/h5,15H,3-4H2,1-2H3/t5-,8+,9+/m1/s1. The Hall–Kier alpha value is 0.780. The van der Waals surface area contributed by atoms with E-state index in [1.165, 1.54) is 14.2 Å². The third-order valence-electron chi connectivity index (χ3n) is 3.75. The van der Waals surface area contributed by atoms with E-state index in [1.807, 2.05) is 0 Å². The summed E-state index contributed by atoms with van der Waals surface area (Å²) in [6.45, 7) is -0.174. The Morgan fingerprint density at radius 3 is 2.12 bits per heavy atom. The molecule has 0 aromatic carbocycles. The van der Waals surface area contributed by atoms with Gasteiger partial charge in [0.25, 0.3) is 0 Å². The molecule has 2 aliphatic carbocycles. The van der Waals surface area contributed by atoms with Crippen molar-refractivity contribution in [1.29, 1.82) is 0 Å². The molecular formula is C10H12Cl4O3. The van der Waals surface area contributed by atoms with Gasteiger partial charge in [-0.2, -0.15) is 0 Å². The molecule has 1 N–H and O–H groups in total. The molecule has 7 heteroatoms. The lowest BCUT2D eigenvalue weighted by Gasteiger charge is -2.41. The van der Waals surface area contributed by atoms with Gasteiger partial charge in [0.15, 0.2) is 0 Å². The number of methoxy groups -OCH3 is 2. The number of rotatable bonds is 3. The molecule has 0 aromatic heterocycles. The van der Waals surface area contributed by atoms with Gasteiger partial charge in [-0.25, -0.2) is 0 Å². The first kappa shape index (κ1) is 14.2. The van der Waals surface area contributed by atoms with Crippen LogP contribution in [0.2, 0.25) is 0 Å². The lowest BCUT2D eigenvalue weighted by Crippen LogP contribution is -2.57. The largest absolute Gasteiger partial charge is 0.396 e. The Kier molecular flexibility index (Phi) is 3.45. The summed E-state index contributed by atoms with van der Waals surface area (Å²) < 4.78 is 10.8. The van der Waals surface area contributed by atoms with E-state index in [9.17, 15) is 5.11 Å². The number of hydrogen-bond donors (Lipinski definition) is 1. The van der Waals surface area contributed by atoms with Crippen molar-refractivity contribution in [2.45, 2.75) is 22.0 Å². The quantitative estimate of drug-likeness (QED) is 0.641. The molecule has 0 aliphatic heterocycles. The molecule has 0 radical (unpaired) electrons. The molecule has 0 amide bonds. The van der Waals surface area contributed by atoms with Crippen LogP contribution in [0.1, 0.15) is 6.42 Å². The Bertz CT molecular complexity index is 382. The molecule has 1 fully saturated rings. The highest BCUT2D eigenvalue weighted by atomic mass is 35.5. The van der Waals surface area contributed by atoms with Crippen LogP contribution in [0.25, 0.3) is 0 Å². The van der Waals surface area contributed by atoms with Crippen LogP contribution >= 0.6 is 46.4 Å². The van der Waals surface area contributed by atoms with E-state index in [1.54, 1.807) is 0 Å². The fraction of sp³-hybridized carbons (Fsp3) is 0.800. The molecule has 3 nitrogen and oxygen atoms in total. The maximum absolute atomic E-state index is 9.42. The summed E-state index contributed by atoms with van der Waals surface area (Å²) in [7, 11) is 2.86. The summed E-state index contributed by atoms with van der Waals surface area (Å²) in [6, 6.07) is 0. The third-order valence-corrected chi connectivity index (χ3v) is 6.37. The van der Waals surface area contributed by atoms with Gasteiger partial charge in [-0.3, -0.25) is 0 Å². The Labute approximate surface area is 120 Å². The van der Waals surface area contributed by atoms with E-state index in [4.69, 9.17) is 55.9 Å². The summed E-state index contributed by atoms with van der Waals surface area (Å²) in [4.78, 5) is -2.42. The zero-order valence-electron chi connectivity index (χ0n) is 9.27. The third kappa shape index (κ3) is 1.27. The van der Waals surface area contributed by atoms with E-state index < -0.39 is 15.5 Å². The first-order valence-electron chi connectivity index (χ1n) is 5.01. The molecule has 1 saturated carbocycles. The maximum atomic E-state index is 9.42. The highest BCUT2D eigenvalue weighted by Gasteiger charge is 2.80. The minimum Gasteiger partial charge on any atom is -0.396 e. The lowest BCUT2D eigenvalue weighted by molar-refractivity contribution is -0.219. The van der Waals surface area contributed by atoms with Crippen LogP contribution in [0.15, 0.2) is 10.1 Å². The van der Waals surface area contributed by atoms with Crippen LogP contribution in [0.5, 0.6) is 0 Å². The smallest absolute Gasteiger partial charge is 0.217 e. The van der Waals surface area contributed by atoms with Crippen molar-refractivity contribution >= 4 is 46.4 Å². The van der Waals surface area contributed by atoms with Crippen LogP contribution in [-0.4, -0.2) is 41.5 Å². The number of halogens is 4. The summed E-state index contributed by atoms with van der Waals surface area (Å²) >= 11 is 25.4. The number of hydrogen-bond acceptors (Lipinski definition) is 3. The molecular weight excluding hydrogens is 310 g/mol. The number of ether oxygens (including phenoxy) is 2. The first-order valence-corrected chi connectivity index (χ1v) is 6.52. The Morgan fingerprint density at radius 1 is 1.24 bits per heavy atom. The SMILES string of the molecule is COC1(OC)[C@@]2(Cl)C(Cl)=C(Cl)[C@@]1(Cl)C[C@@H]2CO. The topological polar surface area (TPSA) is 38.7 Å². The minimum absolute atomic E-state index is 0.174. The Morgan fingerprint density at radius 2 is 1.76 bits per heavy atom. The van der Waals surface area contributed by atoms with E-state index in [-0.39, 0.29) is 22.6 Å². The van der Waals surface area contributed by atoms with Gasteiger partial charge in [-0.1, -0.05) is 23.2 Å². The fourth-order valence-electron chi connectivity index (χ4n) is 2.96. The van der Waals surface area contributed by atoms with Gasteiger partial charge in [0.05, 0.1) is 10.1 Å². The summed E-state index contributed by atoms with van der Waals surface area (Å²) in [5, 5.41) is 9.83. The first-order chi connectivity index (χ1) is 7.85. The Balaban J connectivity index is 2.68. The molecule has 3 atom stereocenters. The van der Waals surface area contributed by atoms with E-state index in [0.717, 1.165) is 0 Å². The van der Waals surface area contributed by atoms with E-state index >= 15 is 0 Å². The number of aliphatic hydroxyl groups excluding tert-OH is 1. The van der Waals surface area contributed by atoms with Gasteiger partial charge in [0, 0.05) is 26.7 Å². The van der Waals surface area contributed by atoms with Crippen LogP contribution in [-0.2, 0) is 9.47 Å². The minimum atomic E-state index is -1.37. The molecule has 0 spiro atoms. The van der Waals surface area contributed by atoms with Crippen molar-refractivity contribution in [3.8, 4) is 0 Å². The van der Waals surface area contributed by atoms with Crippen molar-refractivity contribution in [2.75, 3.05) is 20.8 Å². The van der Waals surface area contributed by atoms with E-state index in [2.05, 4.69) is 0 Å².